The average Bonchev–Trinajstić information content (AvgIpc) is 2.29. The Morgan fingerprint density at radius 1 is 1.58 bits per heavy atom. The van der Waals surface area contributed by atoms with E-state index in [4.69, 9.17) is 18.0 Å². The molecule has 104 valence electrons. The number of nitrogens with zero attached hydrogens (tertiary/aromatic N) is 1. The molecule has 0 aromatic heterocycles. The summed E-state index contributed by atoms with van der Waals surface area (Å²) in [6.45, 7) is 0.729. The minimum atomic E-state index is -0.354. The highest BCUT2D eigenvalue weighted by atomic mass is 79.9. The first kappa shape index (κ1) is 14.7. The maximum Gasteiger partial charge on any atom is 0.161 e. The zero-order valence-electron chi connectivity index (χ0n) is 10.6. The van der Waals surface area contributed by atoms with Gasteiger partial charge in [0.1, 0.15) is 4.99 Å². The molecule has 1 aliphatic rings. The topological polar surface area (TPSA) is 49.5 Å². The molecule has 0 amide bonds. The van der Waals surface area contributed by atoms with Gasteiger partial charge in [-0.05, 0) is 46.8 Å². The highest BCUT2D eigenvalue weighted by Crippen LogP contribution is 2.32. The van der Waals surface area contributed by atoms with Crippen LogP contribution in [-0.4, -0.2) is 29.8 Å². The summed E-state index contributed by atoms with van der Waals surface area (Å²) in [5.74, 6) is 0.0705. The van der Waals surface area contributed by atoms with Crippen LogP contribution in [0, 0.1) is 11.7 Å². The van der Waals surface area contributed by atoms with E-state index in [-0.39, 0.29) is 16.9 Å². The third kappa shape index (κ3) is 3.07. The van der Waals surface area contributed by atoms with Gasteiger partial charge in [0.25, 0.3) is 0 Å². The monoisotopic (exact) mass is 346 g/mol. The second-order valence-corrected chi connectivity index (χ2v) is 6.23. The third-order valence-electron chi connectivity index (χ3n) is 3.48. The van der Waals surface area contributed by atoms with Gasteiger partial charge in [0.05, 0.1) is 16.3 Å². The summed E-state index contributed by atoms with van der Waals surface area (Å²) in [7, 11) is 1.84. The lowest BCUT2D eigenvalue weighted by Crippen LogP contribution is -2.37. The number of anilines is 1. The molecular weight excluding hydrogens is 331 g/mol. The number of thiocarbonyl (C=S) groups is 1. The number of aliphatic hydroxyl groups excluding tert-OH is 1. The summed E-state index contributed by atoms with van der Waals surface area (Å²) in [5.41, 5.74) is 6.54. The molecule has 3 N–H and O–H groups in total. The zero-order valence-corrected chi connectivity index (χ0v) is 13.0. The largest absolute Gasteiger partial charge is 0.393 e. The number of rotatable bonds is 4. The molecule has 0 aliphatic heterocycles. The van der Waals surface area contributed by atoms with Crippen LogP contribution in [0.5, 0.6) is 0 Å². The number of hydrogen-bond acceptors (Lipinski definition) is 3. The molecule has 6 heteroatoms. The summed E-state index contributed by atoms with van der Waals surface area (Å²) < 4.78 is 14.6. The Hall–Kier alpha value is -0.720. The van der Waals surface area contributed by atoms with Gasteiger partial charge in [0, 0.05) is 19.2 Å². The van der Waals surface area contributed by atoms with Crippen LogP contribution < -0.4 is 10.6 Å². The lowest BCUT2D eigenvalue weighted by molar-refractivity contribution is 0.0464. The van der Waals surface area contributed by atoms with Gasteiger partial charge >= 0.3 is 0 Å². The van der Waals surface area contributed by atoms with Gasteiger partial charge in [0.15, 0.2) is 5.82 Å². The van der Waals surface area contributed by atoms with Crippen LogP contribution in [0.25, 0.3) is 0 Å². The predicted molar refractivity (Wildman–Crippen MR) is 82.0 cm³/mol. The van der Waals surface area contributed by atoms with Crippen molar-refractivity contribution in [2.75, 3.05) is 18.5 Å². The molecule has 0 spiro atoms. The van der Waals surface area contributed by atoms with Crippen LogP contribution in [-0.2, 0) is 0 Å². The van der Waals surface area contributed by atoms with Crippen LogP contribution in [0.15, 0.2) is 16.6 Å². The summed E-state index contributed by atoms with van der Waals surface area (Å²) in [6, 6.07) is 3.40. The van der Waals surface area contributed by atoms with E-state index in [0.29, 0.717) is 21.6 Å². The molecule has 0 bridgehead atoms. The van der Waals surface area contributed by atoms with Crippen molar-refractivity contribution in [3.63, 3.8) is 0 Å². The predicted octanol–water partition coefficient (Wildman–Crippen LogP) is 2.43. The molecule has 1 saturated carbocycles. The lowest BCUT2D eigenvalue weighted by atomic mass is 9.82. The highest BCUT2D eigenvalue weighted by molar-refractivity contribution is 9.10. The lowest BCUT2D eigenvalue weighted by Gasteiger charge is -2.35. The van der Waals surface area contributed by atoms with E-state index in [1.807, 2.05) is 11.9 Å². The second kappa shape index (κ2) is 5.73. The summed E-state index contributed by atoms with van der Waals surface area (Å²) in [4.78, 5) is 2.03. The van der Waals surface area contributed by atoms with Crippen molar-refractivity contribution >= 4 is 38.8 Å². The Kier molecular flexibility index (Phi) is 4.43. The maximum atomic E-state index is 14.3. The van der Waals surface area contributed by atoms with Crippen molar-refractivity contribution in [3.8, 4) is 0 Å². The number of benzene rings is 1. The van der Waals surface area contributed by atoms with Crippen molar-refractivity contribution in [3.05, 3.63) is 28.0 Å². The Labute approximate surface area is 125 Å². The number of hydrogen-bond donors (Lipinski definition) is 2. The number of halogens is 2. The molecule has 1 aromatic rings. The molecule has 0 unspecified atom stereocenters. The molecule has 0 radical (unpaired) electrons. The van der Waals surface area contributed by atoms with Gasteiger partial charge in [-0.2, -0.15) is 0 Å². The Bertz CT molecular complexity index is 506. The number of nitrogens with two attached hydrogens (primary N) is 1. The Morgan fingerprint density at radius 3 is 2.74 bits per heavy atom. The second-order valence-electron chi connectivity index (χ2n) is 5.00. The molecule has 19 heavy (non-hydrogen) atoms. The van der Waals surface area contributed by atoms with E-state index in [1.165, 1.54) is 0 Å². The summed E-state index contributed by atoms with van der Waals surface area (Å²) >= 11 is 8.07. The van der Waals surface area contributed by atoms with Gasteiger partial charge in [-0.15, -0.1) is 0 Å². The third-order valence-corrected chi connectivity index (χ3v) is 4.48. The fraction of sp³-hybridized carbons (Fsp3) is 0.462. The van der Waals surface area contributed by atoms with Crippen molar-refractivity contribution in [2.24, 2.45) is 11.7 Å². The molecular formula is C13H16BrFN2OS. The molecule has 2 rings (SSSR count). The molecule has 0 saturated heterocycles. The quantitative estimate of drug-likeness (QED) is 0.822. The van der Waals surface area contributed by atoms with E-state index in [0.717, 1.165) is 19.4 Å². The van der Waals surface area contributed by atoms with Crippen LogP contribution in [0.3, 0.4) is 0 Å². The molecule has 3 nitrogen and oxygen atoms in total. The minimum Gasteiger partial charge on any atom is -0.393 e. The molecule has 0 atom stereocenters. The summed E-state index contributed by atoms with van der Waals surface area (Å²) in [5, 5.41) is 9.27. The van der Waals surface area contributed by atoms with Gasteiger partial charge in [0.2, 0.25) is 0 Å². The fourth-order valence-electron chi connectivity index (χ4n) is 2.36. The Morgan fingerprint density at radius 2 is 2.21 bits per heavy atom. The standard InChI is InChI=1S/C13H16BrFN2OS/c1-17(6-7-4-8(18)5-7)10-3-2-9(13(16)19)11(14)12(10)15/h2-3,7-8,18H,4-6H2,1H3,(H2,16,19). The maximum absolute atomic E-state index is 14.3. The highest BCUT2D eigenvalue weighted by Gasteiger charge is 2.28. The zero-order chi connectivity index (χ0) is 14.2. The van der Waals surface area contributed by atoms with Crippen molar-refractivity contribution in [2.45, 2.75) is 18.9 Å². The van der Waals surface area contributed by atoms with Crippen molar-refractivity contribution in [1.29, 1.82) is 0 Å². The summed E-state index contributed by atoms with van der Waals surface area (Å²) in [6.07, 6.45) is 1.39. The molecule has 0 heterocycles. The van der Waals surface area contributed by atoms with Crippen LogP contribution >= 0.6 is 28.1 Å². The van der Waals surface area contributed by atoms with Crippen molar-refractivity contribution < 1.29 is 9.50 Å². The van der Waals surface area contributed by atoms with E-state index in [1.54, 1.807) is 12.1 Å². The van der Waals surface area contributed by atoms with E-state index < -0.39 is 0 Å². The molecule has 1 aromatic carbocycles. The van der Waals surface area contributed by atoms with Gasteiger partial charge in [-0.1, -0.05) is 12.2 Å². The van der Waals surface area contributed by atoms with Crippen LogP contribution in [0.2, 0.25) is 0 Å². The van der Waals surface area contributed by atoms with E-state index >= 15 is 0 Å². The fourth-order valence-corrected chi connectivity index (χ4v) is 3.21. The first-order chi connectivity index (χ1) is 8.90. The van der Waals surface area contributed by atoms with E-state index in [9.17, 15) is 9.50 Å². The smallest absolute Gasteiger partial charge is 0.161 e. The average molecular weight is 347 g/mol. The van der Waals surface area contributed by atoms with Crippen molar-refractivity contribution in [1.82, 2.24) is 0 Å². The van der Waals surface area contributed by atoms with Gasteiger partial charge in [-0.25, -0.2) is 4.39 Å². The van der Waals surface area contributed by atoms with Gasteiger partial charge in [-0.3, -0.25) is 0 Å². The normalized spacial score (nSPS) is 21.9. The van der Waals surface area contributed by atoms with Crippen LogP contribution in [0.1, 0.15) is 18.4 Å². The Balaban J connectivity index is 2.16. The number of aliphatic hydroxyl groups is 1. The van der Waals surface area contributed by atoms with Crippen LogP contribution in [0.4, 0.5) is 10.1 Å². The van der Waals surface area contributed by atoms with Gasteiger partial charge < -0.3 is 15.7 Å². The first-order valence-electron chi connectivity index (χ1n) is 6.07. The minimum absolute atomic E-state index is 0.169. The first-order valence-corrected chi connectivity index (χ1v) is 7.27. The molecule has 1 aliphatic carbocycles. The molecule has 1 fully saturated rings. The SMILES string of the molecule is CN(CC1CC(O)C1)c1ccc(C(N)=S)c(Br)c1F. The van der Waals surface area contributed by atoms with E-state index in [2.05, 4.69) is 15.9 Å².